The molecule has 0 bridgehead atoms. The van der Waals surface area contributed by atoms with Gasteiger partial charge in [-0.15, -0.1) is 0 Å². The van der Waals surface area contributed by atoms with Crippen molar-refractivity contribution in [3.05, 3.63) is 66.0 Å². The highest BCUT2D eigenvalue weighted by molar-refractivity contribution is 7.89. The first-order valence-corrected chi connectivity index (χ1v) is 9.52. The van der Waals surface area contributed by atoms with Gasteiger partial charge in [0, 0.05) is 13.1 Å². The summed E-state index contributed by atoms with van der Waals surface area (Å²) in [7, 11) is -4.05. The molecular weight excluding hydrogens is 343 g/mol. The van der Waals surface area contributed by atoms with E-state index in [-0.39, 0.29) is 12.5 Å². The molecule has 1 N–H and O–H groups in total. The number of nitrogens with zero attached hydrogens (tertiary/aromatic N) is 1. The predicted molar refractivity (Wildman–Crippen MR) is 91.6 cm³/mol. The monoisotopic (exact) mass is 362 g/mol. The molecule has 0 aliphatic carbocycles. The lowest BCUT2D eigenvalue weighted by atomic mass is 10.2. The van der Waals surface area contributed by atoms with Gasteiger partial charge < -0.3 is 5.32 Å². The van der Waals surface area contributed by atoms with Crippen molar-refractivity contribution in [1.82, 2.24) is 9.62 Å². The second-order valence-electron chi connectivity index (χ2n) is 5.91. The average molecular weight is 362 g/mol. The smallest absolute Gasteiger partial charge is 0.246 e. The fraction of sp³-hybridized carbons (Fsp3) is 0.278. The van der Waals surface area contributed by atoms with Crippen molar-refractivity contribution < 1.29 is 17.6 Å². The molecule has 0 radical (unpaired) electrons. The van der Waals surface area contributed by atoms with Crippen LogP contribution in [0.25, 0.3) is 0 Å². The van der Waals surface area contributed by atoms with Crippen molar-refractivity contribution in [2.45, 2.75) is 30.3 Å². The summed E-state index contributed by atoms with van der Waals surface area (Å²) in [5.74, 6) is -1.17. The van der Waals surface area contributed by atoms with Gasteiger partial charge in [0.05, 0.1) is 0 Å². The van der Waals surface area contributed by atoms with Crippen LogP contribution in [0.5, 0.6) is 0 Å². The highest BCUT2D eigenvalue weighted by Crippen LogP contribution is 2.27. The normalized spacial score (nSPS) is 18.2. The third kappa shape index (κ3) is 3.72. The molecule has 0 aromatic heterocycles. The zero-order chi connectivity index (χ0) is 17.9. The molecule has 2 aromatic rings. The van der Waals surface area contributed by atoms with E-state index in [0.29, 0.717) is 19.4 Å². The number of hydrogen-bond donors (Lipinski definition) is 1. The number of hydrogen-bond acceptors (Lipinski definition) is 3. The summed E-state index contributed by atoms with van der Waals surface area (Å²) >= 11 is 0. The van der Waals surface area contributed by atoms with Gasteiger partial charge in [-0.2, -0.15) is 4.31 Å². The van der Waals surface area contributed by atoms with Crippen molar-refractivity contribution >= 4 is 15.9 Å². The number of halogens is 1. The molecule has 0 saturated carbocycles. The van der Waals surface area contributed by atoms with Gasteiger partial charge in [0.15, 0.2) is 0 Å². The van der Waals surface area contributed by atoms with Crippen LogP contribution in [0.1, 0.15) is 18.4 Å². The maximum Gasteiger partial charge on any atom is 0.246 e. The highest BCUT2D eigenvalue weighted by atomic mass is 32.2. The SMILES string of the molecule is O=C(NCc1ccccc1)C1CCCN1S(=O)(=O)c1ccccc1F. The summed E-state index contributed by atoms with van der Waals surface area (Å²) in [5, 5.41) is 2.77. The second kappa shape index (κ2) is 7.33. The Hall–Kier alpha value is -2.25. The number of carbonyl (C=O) groups is 1. The lowest BCUT2D eigenvalue weighted by Crippen LogP contribution is -2.45. The first-order valence-electron chi connectivity index (χ1n) is 8.08. The molecule has 5 nitrogen and oxygen atoms in total. The molecule has 1 saturated heterocycles. The number of amides is 1. The van der Waals surface area contributed by atoms with E-state index in [1.807, 2.05) is 30.3 Å². The first kappa shape index (κ1) is 17.6. The minimum absolute atomic E-state index is 0.208. The van der Waals surface area contributed by atoms with E-state index in [2.05, 4.69) is 5.32 Å². The van der Waals surface area contributed by atoms with E-state index < -0.39 is 26.8 Å². The van der Waals surface area contributed by atoms with Crippen LogP contribution in [0.4, 0.5) is 4.39 Å². The van der Waals surface area contributed by atoms with Crippen LogP contribution < -0.4 is 5.32 Å². The van der Waals surface area contributed by atoms with Gasteiger partial charge in [0.25, 0.3) is 0 Å². The van der Waals surface area contributed by atoms with E-state index >= 15 is 0 Å². The summed E-state index contributed by atoms with van der Waals surface area (Å²) < 4.78 is 40.5. The summed E-state index contributed by atoms with van der Waals surface area (Å²) in [4.78, 5) is 12.1. The Morgan fingerprint density at radius 1 is 1.12 bits per heavy atom. The summed E-state index contributed by atoms with van der Waals surface area (Å²) in [6, 6.07) is 13.8. The third-order valence-corrected chi connectivity index (χ3v) is 6.18. The van der Waals surface area contributed by atoms with E-state index in [4.69, 9.17) is 0 Å². The molecule has 132 valence electrons. The summed E-state index contributed by atoms with van der Waals surface area (Å²) in [5.41, 5.74) is 0.928. The predicted octanol–water partition coefficient (Wildman–Crippen LogP) is 2.30. The molecule has 1 aliphatic rings. The maximum atomic E-state index is 13.9. The van der Waals surface area contributed by atoms with Gasteiger partial charge in [-0.3, -0.25) is 4.79 Å². The molecular formula is C18H19FN2O3S. The highest BCUT2D eigenvalue weighted by Gasteiger charge is 2.40. The Kier molecular flexibility index (Phi) is 5.15. The van der Waals surface area contributed by atoms with E-state index in [9.17, 15) is 17.6 Å². The molecule has 1 aliphatic heterocycles. The summed E-state index contributed by atoms with van der Waals surface area (Å²) in [6.07, 6.45) is 0.991. The summed E-state index contributed by atoms with van der Waals surface area (Å²) in [6.45, 7) is 0.532. The van der Waals surface area contributed by atoms with Crippen molar-refractivity contribution in [3.63, 3.8) is 0 Å². The number of rotatable bonds is 5. The number of sulfonamides is 1. The van der Waals surface area contributed by atoms with Crippen LogP contribution in [0.3, 0.4) is 0 Å². The van der Waals surface area contributed by atoms with Crippen LogP contribution in [-0.2, 0) is 21.4 Å². The topological polar surface area (TPSA) is 66.5 Å². The number of benzene rings is 2. The van der Waals surface area contributed by atoms with Gasteiger partial charge in [0.1, 0.15) is 16.8 Å². The lowest BCUT2D eigenvalue weighted by molar-refractivity contribution is -0.124. The van der Waals surface area contributed by atoms with Crippen LogP contribution in [-0.4, -0.2) is 31.2 Å². The Labute approximate surface area is 146 Å². The molecule has 7 heteroatoms. The minimum atomic E-state index is -4.05. The molecule has 1 fully saturated rings. The standard InChI is InChI=1S/C18H19FN2O3S/c19-15-9-4-5-11-17(15)25(23,24)21-12-6-10-16(21)18(22)20-13-14-7-2-1-3-8-14/h1-5,7-9,11,16H,6,10,12-13H2,(H,20,22). The lowest BCUT2D eigenvalue weighted by Gasteiger charge is -2.23. The quantitative estimate of drug-likeness (QED) is 0.888. The van der Waals surface area contributed by atoms with Crippen LogP contribution in [0.2, 0.25) is 0 Å². The minimum Gasteiger partial charge on any atom is -0.351 e. The van der Waals surface area contributed by atoms with Crippen molar-refractivity contribution in [2.75, 3.05) is 6.54 Å². The third-order valence-electron chi connectivity index (χ3n) is 4.24. The molecule has 25 heavy (non-hydrogen) atoms. The molecule has 1 amide bonds. The number of nitrogens with one attached hydrogen (secondary N) is 1. The van der Waals surface area contributed by atoms with Crippen molar-refractivity contribution in [2.24, 2.45) is 0 Å². The number of carbonyl (C=O) groups excluding carboxylic acids is 1. The fourth-order valence-electron chi connectivity index (χ4n) is 2.97. The second-order valence-corrected chi connectivity index (χ2v) is 7.77. The van der Waals surface area contributed by atoms with Crippen molar-refractivity contribution in [1.29, 1.82) is 0 Å². The van der Waals surface area contributed by atoms with Gasteiger partial charge in [0.2, 0.25) is 15.9 Å². The van der Waals surface area contributed by atoms with E-state index in [1.54, 1.807) is 0 Å². The maximum absolute atomic E-state index is 13.9. The largest absolute Gasteiger partial charge is 0.351 e. The van der Waals surface area contributed by atoms with Crippen LogP contribution in [0.15, 0.2) is 59.5 Å². The van der Waals surface area contributed by atoms with Gasteiger partial charge in [-0.05, 0) is 30.5 Å². The molecule has 1 unspecified atom stereocenters. The fourth-order valence-corrected chi connectivity index (χ4v) is 4.70. The van der Waals surface area contributed by atoms with Crippen LogP contribution in [0, 0.1) is 5.82 Å². The van der Waals surface area contributed by atoms with Crippen molar-refractivity contribution in [3.8, 4) is 0 Å². The zero-order valence-electron chi connectivity index (χ0n) is 13.6. The average Bonchev–Trinajstić information content (AvgIpc) is 3.11. The van der Waals surface area contributed by atoms with Gasteiger partial charge in [-0.1, -0.05) is 42.5 Å². The Balaban J connectivity index is 1.76. The molecule has 1 heterocycles. The Morgan fingerprint density at radius 2 is 1.80 bits per heavy atom. The van der Waals surface area contributed by atoms with E-state index in [0.717, 1.165) is 15.9 Å². The van der Waals surface area contributed by atoms with Gasteiger partial charge >= 0.3 is 0 Å². The Bertz CT molecular complexity index is 856. The first-order chi connectivity index (χ1) is 12.0. The zero-order valence-corrected chi connectivity index (χ0v) is 14.4. The van der Waals surface area contributed by atoms with E-state index in [1.165, 1.54) is 18.2 Å². The van der Waals surface area contributed by atoms with Gasteiger partial charge in [-0.25, -0.2) is 12.8 Å². The Morgan fingerprint density at radius 3 is 2.52 bits per heavy atom. The molecule has 2 aromatic carbocycles. The van der Waals surface area contributed by atoms with Crippen LogP contribution >= 0.6 is 0 Å². The molecule has 1 atom stereocenters. The molecule has 3 rings (SSSR count). The molecule has 0 spiro atoms.